The van der Waals surface area contributed by atoms with Crippen molar-refractivity contribution in [2.45, 2.75) is 26.4 Å². The first-order valence-corrected chi connectivity index (χ1v) is 5.22. The van der Waals surface area contributed by atoms with Crippen LogP contribution in [-0.2, 0) is 4.74 Å². The molecule has 0 saturated heterocycles. The van der Waals surface area contributed by atoms with Gasteiger partial charge in [0.25, 0.3) is 0 Å². The predicted molar refractivity (Wildman–Crippen MR) is 61.3 cm³/mol. The number of ether oxygens (including phenoxy) is 1. The average Bonchev–Trinajstić information content (AvgIpc) is 2.21. The third-order valence-electron chi connectivity index (χ3n) is 1.97. The van der Waals surface area contributed by atoms with Gasteiger partial charge < -0.3 is 4.74 Å². The highest BCUT2D eigenvalue weighted by molar-refractivity contribution is 6.30. The van der Waals surface area contributed by atoms with Crippen molar-refractivity contribution < 1.29 is 9.53 Å². The van der Waals surface area contributed by atoms with Crippen LogP contribution in [0.2, 0.25) is 5.02 Å². The molecule has 1 atom stereocenters. The van der Waals surface area contributed by atoms with Crippen LogP contribution in [0.15, 0.2) is 24.3 Å². The highest BCUT2D eigenvalue weighted by Gasteiger charge is 2.06. The normalized spacial score (nSPS) is 11.9. The highest BCUT2D eigenvalue weighted by Crippen LogP contribution is 2.13. The fourth-order valence-electron chi connectivity index (χ4n) is 0.947. The van der Waals surface area contributed by atoms with E-state index < -0.39 is 6.09 Å². The van der Waals surface area contributed by atoms with Crippen molar-refractivity contribution in [2.24, 2.45) is 0 Å². The number of rotatable bonds is 3. The first-order chi connectivity index (χ1) is 7.11. The Balaban J connectivity index is 2.48. The number of anilines is 1. The molecule has 0 spiro atoms. The summed E-state index contributed by atoms with van der Waals surface area (Å²) in [6, 6.07) is 6.86. The summed E-state index contributed by atoms with van der Waals surface area (Å²) >= 11 is 5.71. The van der Waals surface area contributed by atoms with E-state index in [1.807, 2.05) is 13.8 Å². The summed E-state index contributed by atoms with van der Waals surface area (Å²) in [6.45, 7) is 3.81. The summed E-state index contributed by atoms with van der Waals surface area (Å²) in [5.41, 5.74) is 0.674. The fraction of sp³-hybridized carbons (Fsp3) is 0.364. The van der Waals surface area contributed by atoms with Gasteiger partial charge in [0, 0.05) is 10.7 Å². The first kappa shape index (κ1) is 11.9. The van der Waals surface area contributed by atoms with E-state index in [9.17, 15) is 4.79 Å². The quantitative estimate of drug-likeness (QED) is 0.855. The molecule has 4 heteroatoms. The Morgan fingerprint density at radius 3 is 2.60 bits per heavy atom. The maximum atomic E-state index is 11.3. The zero-order valence-corrected chi connectivity index (χ0v) is 9.54. The molecule has 1 aromatic carbocycles. The SMILES string of the molecule is CC[C@H](C)OC(=O)Nc1ccc(Cl)cc1. The molecule has 3 nitrogen and oxygen atoms in total. The lowest BCUT2D eigenvalue weighted by Crippen LogP contribution is -2.19. The van der Waals surface area contributed by atoms with Gasteiger partial charge in [-0.2, -0.15) is 0 Å². The molecular weight excluding hydrogens is 214 g/mol. The van der Waals surface area contributed by atoms with Gasteiger partial charge in [0.2, 0.25) is 0 Å². The standard InChI is InChI=1S/C11H14ClNO2/c1-3-8(2)15-11(14)13-10-6-4-9(12)5-7-10/h4-8H,3H2,1-2H3,(H,13,14)/t8-/m0/s1. The lowest BCUT2D eigenvalue weighted by atomic mass is 10.3. The van der Waals surface area contributed by atoms with Crippen LogP contribution in [0.5, 0.6) is 0 Å². The Labute approximate surface area is 94.4 Å². The molecule has 1 N–H and O–H groups in total. The van der Waals surface area contributed by atoms with Crippen molar-refractivity contribution in [3.05, 3.63) is 29.3 Å². The molecule has 0 saturated carbocycles. The van der Waals surface area contributed by atoms with E-state index in [4.69, 9.17) is 16.3 Å². The summed E-state index contributed by atoms with van der Waals surface area (Å²) < 4.78 is 5.05. The molecule has 0 aliphatic heterocycles. The third-order valence-corrected chi connectivity index (χ3v) is 2.23. The molecule has 15 heavy (non-hydrogen) atoms. The predicted octanol–water partition coefficient (Wildman–Crippen LogP) is 3.69. The van der Waals surface area contributed by atoms with Gasteiger partial charge in [0.15, 0.2) is 0 Å². The molecule has 0 unspecified atom stereocenters. The number of carbonyl (C=O) groups excluding carboxylic acids is 1. The Morgan fingerprint density at radius 2 is 2.07 bits per heavy atom. The molecule has 0 radical (unpaired) electrons. The van der Waals surface area contributed by atoms with Crippen LogP contribution in [0.25, 0.3) is 0 Å². The van der Waals surface area contributed by atoms with Crippen LogP contribution in [-0.4, -0.2) is 12.2 Å². The Morgan fingerprint density at radius 1 is 1.47 bits per heavy atom. The van der Waals surface area contributed by atoms with Crippen LogP contribution in [0, 0.1) is 0 Å². The van der Waals surface area contributed by atoms with Gasteiger partial charge in [0.1, 0.15) is 6.10 Å². The van der Waals surface area contributed by atoms with Crippen molar-refractivity contribution in [2.75, 3.05) is 5.32 Å². The topological polar surface area (TPSA) is 38.3 Å². The van der Waals surface area contributed by atoms with Crippen molar-refractivity contribution in [1.82, 2.24) is 0 Å². The van der Waals surface area contributed by atoms with Gasteiger partial charge in [-0.1, -0.05) is 18.5 Å². The Bertz CT molecular complexity index is 324. The molecule has 1 rings (SSSR count). The molecular formula is C11H14ClNO2. The number of hydrogen-bond acceptors (Lipinski definition) is 2. The number of carbonyl (C=O) groups is 1. The maximum Gasteiger partial charge on any atom is 0.411 e. The monoisotopic (exact) mass is 227 g/mol. The summed E-state index contributed by atoms with van der Waals surface area (Å²) in [7, 11) is 0. The minimum Gasteiger partial charge on any atom is -0.446 e. The van der Waals surface area contributed by atoms with E-state index in [1.54, 1.807) is 24.3 Å². The van der Waals surface area contributed by atoms with Crippen molar-refractivity contribution >= 4 is 23.4 Å². The number of hydrogen-bond donors (Lipinski definition) is 1. The van der Waals surface area contributed by atoms with E-state index in [-0.39, 0.29) is 6.10 Å². The minimum atomic E-state index is -0.438. The molecule has 0 heterocycles. The highest BCUT2D eigenvalue weighted by atomic mass is 35.5. The van der Waals surface area contributed by atoms with Crippen LogP contribution in [0.4, 0.5) is 10.5 Å². The molecule has 0 fully saturated rings. The second-order valence-electron chi connectivity index (χ2n) is 3.26. The number of benzene rings is 1. The molecule has 0 aliphatic carbocycles. The van der Waals surface area contributed by atoms with Gasteiger partial charge in [-0.3, -0.25) is 5.32 Å². The molecule has 82 valence electrons. The van der Waals surface area contributed by atoms with Gasteiger partial charge in [-0.15, -0.1) is 0 Å². The van der Waals surface area contributed by atoms with Crippen molar-refractivity contribution in [3.63, 3.8) is 0 Å². The lowest BCUT2D eigenvalue weighted by Gasteiger charge is -2.11. The maximum absolute atomic E-state index is 11.3. The molecule has 0 bridgehead atoms. The summed E-state index contributed by atoms with van der Waals surface area (Å²) in [5.74, 6) is 0. The number of amides is 1. The van der Waals surface area contributed by atoms with Crippen molar-refractivity contribution in [3.8, 4) is 0 Å². The second-order valence-corrected chi connectivity index (χ2v) is 3.69. The zero-order chi connectivity index (χ0) is 11.3. The number of halogens is 1. The fourth-order valence-corrected chi connectivity index (χ4v) is 1.07. The zero-order valence-electron chi connectivity index (χ0n) is 8.79. The van der Waals surface area contributed by atoms with Crippen molar-refractivity contribution in [1.29, 1.82) is 0 Å². The van der Waals surface area contributed by atoms with E-state index >= 15 is 0 Å². The van der Waals surface area contributed by atoms with E-state index in [0.29, 0.717) is 10.7 Å². The van der Waals surface area contributed by atoms with Gasteiger partial charge in [0.05, 0.1) is 0 Å². The smallest absolute Gasteiger partial charge is 0.411 e. The van der Waals surface area contributed by atoms with Crippen LogP contribution in [0.1, 0.15) is 20.3 Å². The molecule has 1 amide bonds. The number of nitrogens with one attached hydrogen (secondary N) is 1. The Kier molecular flexibility index (Phi) is 4.43. The third kappa shape index (κ3) is 4.21. The van der Waals surface area contributed by atoms with Gasteiger partial charge >= 0.3 is 6.09 Å². The van der Waals surface area contributed by atoms with Gasteiger partial charge in [-0.05, 0) is 37.6 Å². The molecule has 0 aliphatic rings. The second kappa shape index (κ2) is 5.61. The lowest BCUT2D eigenvalue weighted by molar-refractivity contribution is 0.118. The average molecular weight is 228 g/mol. The first-order valence-electron chi connectivity index (χ1n) is 4.85. The van der Waals surface area contributed by atoms with Gasteiger partial charge in [-0.25, -0.2) is 4.79 Å². The van der Waals surface area contributed by atoms with E-state index in [1.165, 1.54) is 0 Å². The molecule has 1 aromatic rings. The van der Waals surface area contributed by atoms with E-state index in [0.717, 1.165) is 6.42 Å². The minimum absolute atomic E-state index is 0.0719. The summed E-state index contributed by atoms with van der Waals surface area (Å²) in [6.07, 6.45) is 0.289. The summed E-state index contributed by atoms with van der Waals surface area (Å²) in [5, 5.41) is 3.25. The largest absolute Gasteiger partial charge is 0.446 e. The Hall–Kier alpha value is -1.22. The molecule has 0 aromatic heterocycles. The summed E-state index contributed by atoms with van der Waals surface area (Å²) in [4.78, 5) is 11.3. The van der Waals surface area contributed by atoms with Crippen LogP contribution >= 0.6 is 11.6 Å². The van der Waals surface area contributed by atoms with Crippen LogP contribution < -0.4 is 5.32 Å². The van der Waals surface area contributed by atoms with Crippen LogP contribution in [0.3, 0.4) is 0 Å². The van der Waals surface area contributed by atoms with E-state index in [2.05, 4.69) is 5.32 Å².